The molecule has 2 heterocycles. The van der Waals surface area contributed by atoms with Crippen LogP contribution >= 0.6 is 11.6 Å². The summed E-state index contributed by atoms with van der Waals surface area (Å²) in [7, 11) is -4.18. The number of carbonyl (C=O) groups excluding carboxylic acids is 1. The number of hydrogen-bond donors (Lipinski definition) is 3. The van der Waals surface area contributed by atoms with Gasteiger partial charge in [-0.15, -0.1) is 0 Å². The van der Waals surface area contributed by atoms with Gasteiger partial charge in [-0.3, -0.25) is 4.90 Å². The number of fused-ring (bicyclic) bond motifs is 2. The first kappa shape index (κ1) is 29.0. The SMILES string of the molecule is O=C(Nc1ccccc1Oc1ccccc1)Nc1ccc(Cl)c(S(=O)(=O)N2[C@@H]3CC[C@@H]2CN(Cc2ccccc2)C3)c1O. The van der Waals surface area contributed by atoms with Gasteiger partial charge in [0.15, 0.2) is 11.5 Å². The molecule has 0 unspecified atom stereocenters. The van der Waals surface area contributed by atoms with Crippen LogP contribution in [0.1, 0.15) is 18.4 Å². The van der Waals surface area contributed by atoms with Crippen LogP contribution in [-0.4, -0.2) is 53.9 Å². The first-order valence-electron chi connectivity index (χ1n) is 14.0. The molecule has 11 heteroatoms. The lowest BCUT2D eigenvalue weighted by Crippen LogP contribution is -2.55. The van der Waals surface area contributed by atoms with Gasteiger partial charge in [0, 0.05) is 31.7 Å². The number of phenols is 1. The molecule has 2 aliphatic heterocycles. The van der Waals surface area contributed by atoms with Crippen LogP contribution in [0.2, 0.25) is 5.02 Å². The van der Waals surface area contributed by atoms with E-state index in [1.165, 1.54) is 22.0 Å². The van der Waals surface area contributed by atoms with Crippen molar-refractivity contribution in [2.24, 2.45) is 0 Å². The fraction of sp³-hybridized carbons (Fsp3) is 0.219. The van der Waals surface area contributed by atoms with Gasteiger partial charge in [0.05, 0.1) is 16.4 Å². The number of urea groups is 1. The van der Waals surface area contributed by atoms with Gasteiger partial charge in [-0.2, -0.15) is 4.31 Å². The number of carbonyl (C=O) groups is 1. The van der Waals surface area contributed by atoms with Crippen LogP contribution in [-0.2, 0) is 16.6 Å². The van der Waals surface area contributed by atoms with Crippen molar-refractivity contribution in [3.05, 3.63) is 108 Å². The van der Waals surface area contributed by atoms with Crippen molar-refractivity contribution in [1.29, 1.82) is 0 Å². The number of likely N-dealkylation sites (tertiary alicyclic amines) is 1. The van der Waals surface area contributed by atoms with E-state index in [1.54, 1.807) is 36.4 Å². The molecule has 0 aromatic heterocycles. The van der Waals surface area contributed by atoms with Crippen LogP contribution < -0.4 is 15.4 Å². The third-order valence-electron chi connectivity index (χ3n) is 7.71. The van der Waals surface area contributed by atoms with Gasteiger partial charge in [-0.1, -0.05) is 72.3 Å². The molecule has 9 nitrogen and oxygen atoms in total. The van der Waals surface area contributed by atoms with Gasteiger partial charge < -0.3 is 20.5 Å². The molecule has 2 saturated heterocycles. The standard InChI is InChI=1S/C32H31ClN4O5S/c33-26-17-18-28(35-32(39)34-27-13-7-8-14-29(27)42-25-11-5-2-6-12-25)30(38)31(26)43(40,41)37-23-15-16-24(37)21-36(20-23)19-22-9-3-1-4-10-22/h1-14,17-18,23-24,38H,15-16,19-21H2,(H2,34,35,39)/t23-,24-/m1/s1. The first-order valence-corrected chi connectivity index (χ1v) is 15.8. The van der Waals surface area contributed by atoms with Crippen LogP contribution in [0.15, 0.2) is 102 Å². The Morgan fingerprint density at radius 3 is 2.14 bits per heavy atom. The molecule has 2 atom stereocenters. The summed E-state index contributed by atoms with van der Waals surface area (Å²) in [6.07, 6.45) is 1.44. The molecule has 2 amide bonds. The van der Waals surface area contributed by atoms with E-state index in [0.29, 0.717) is 30.3 Å². The molecular weight excluding hydrogens is 588 g/mol. The van der Waals surface area contributed by atoms with Crippen molar-refractivity contribution in [3.63, 3.8) is 0 Å². The second-order valence-corrected chi connectivity index (χ2v) is 12.8. The Kier molecular flexibility index (Phi) is 8.27. The summed E-state index contributed by atoms with van der Waals surface area (Å²) >= 11 is 6.40. The summed E-state index contributed by atoms with van der Waals surface area (Å²) < 4.78 is 35.4. The van der Waals surface area contributed by atoms with E-state index in [0.717, 1.165) is 19.4 Å². The maximum atomic E-state index is 14.0. The molecule has 43 heavy (non-hydrogen) atoms. The zero-order chi connectivity index (χ0) is 30.0. The Morgan fingerprint density at radius 2 is 1.44 bits per heavy atom. The molecule has 4 aromatic rings. The quantitative estimate of drug-likeness (QED) is 0.194. The highest BCUT2D eigenvalue weighted by Crippen LogP contribution is 2.43. The minimum Gasteiger partial charge on any atom is -0.504 e. The summed E-state index contributed by atoms with van der Waals surface area (Å²) in [5.41, 5.74) is 1.47. The van der Waals surface area contributed by atoms with Crippen LogP contribution in [0.25, 0.3) is 0 Å². The van der Waals surface area contributed by atoms with Crippen LogP contribution in [0.5, 0.6) is 17.2 Å². The summed E-state index contributed by atoms with van der Waals surface area (Å²) in [5.74, 6) is 0.397. The summed E-state index contributed by atoms with van der Waals surface area (Å²) in [6.45, 7) is 1.89. The number of phenolic OH excluding ortho intramolecular Hbond substituents is 1. The number of piperazine rings is 1. The van der Waals surface area contributed by atoms with Crippen LogP contribution in [0.3, 0.4) is 0 Å². The Bertz CT molecular complexity index is 1710. The minimum absolute atomic E-state index is 0.0861. The Morgan fingerprint density at radius 1 is 0.837 bits per heavy atom. The van der Waals surface area contributed by atoms with Gasteiger partial charge in [-0.25, -0.2) is 13.2 Å². The average molecular weight is 619 g/mol. The fourth-order valence-corrected chi connectivity index (χ4v) is 8.32. The van der Waals surface area contributed by atoms with Crippen LogP contribution in [0.4, 0.5) is 16.2 Å². The second kappa shape index (κ2) is 12.3. The summed E-state index contributed by atoms with van der Waals surface area (Å²) in [4.78, 5) is 14.9. The van der Waals surface area contributed by atoms with Crippen molar-refractivity contribution in [2.75, 3.05) is 23.7 Å². The van der Waals surface area contributed by atoms with Crippen LogP contribution in [0, 0.1) is 0 Å². The maximum Gasteiger partial charge on any atom is 0.323 e. The number of nitrogens with one attached hydrogen (secondary N) is 2. The lowest BCUT2D eigenvalue weighted by molar-refractivity contribution is 0.123. The van der Waals surface area contributed by atoms with E-state index < -0.39 is 26.7 Å². The van der Waals surface area contributed by atoms with E-state index in [9.17, 15) is 18.3 Å². The summed E-state index contributed by atoms with van der Waals surface area (Å²) in [6, 6.07) is 27.7. The molecular formula is C32H31ClN4O5S. The predicted octanol–water partition coefficient (Wildman–Crippen LogP) is 6.52. The minimum atomic E-state index is -4.18. The number of para-hydroxylation sites is 3. The fourth-order valence-electron chi connectivity index (χ4n) is 5.86. The number of rotatable bonds is 8. The van der Waals surface area contributed by atoms with E-state index in [4.69, 9.17) is 16.3 Å². The highest BCUT2D eigenvalue weighted by Gasteiger charge is 2.48. The molecule has 0 spiro atoms. The number of aromatic hydroxyl groups is 1. The monoisotopic (exact) mass is 618 g/mol. The second-order valence-electron chi connectivity index (χ2n) is 10.7. The number of anilines is 2. The zero-order valence-corrected chi connectivity index (χ0v) is 24.8. The summed E-state index contributed by atoms with van der Waals surface area (Å²) in [5, 5.41) is 16.3. The Hall–Kier alpha value is -4.09. The van der Waals surface area contributed by atoms with E-state index in [1.807, 2.05) is 36.4 Å². The molecule has 4 aromatic carbocycles. The number of benzene rings is 4. The van der Waals surface area contributed by atoms with Gasteiger partial charge in [-0.05, 0) is 54.8 Å². The van der Waals surface area contributed by atoms with Gasteiger partial charge >= 0.3 is 6.03 Å². The predicted molar refractivity (Wildman–Crippen MR) is 166 cm³/mol. The highest BCUT2D eigenvalue weighted by atomic mass is 35.5. The van der Waals surface area contributed by atoms with Crippen molar-refractivity contribution in [1.82, 2.24) is 9.21 Å². The maximum absolute atomic E-state index is 14.0. The molecule has 2 aliphatic rings. The van der Waals surface area contributed by atoms with Gasteiger partial charge in [0.25, 0.3) is 0 Å². The van der Waals surface area contributed by atoms with E-state index in [2.05, 4.69) is 27.7 Å². The van der Waals surface area contributed by atoms with Crippen molar-refractivity contribution in [2.45, 2.75) is 36.4 Å². The highest BCUT2D eigenvalue weighted by molar-refractivity contribution is 7.89. The first-order chi connectivity index (χ1) is 20.8. The zero-order valence-electron chi connectivity index (χ0n) is 23.2. The lowest BCUT2D eigenvalue weighted by atomic mass is 10.1. The van der Waals surface area contributed by atoms with E-state index in [-0.39, 0.29) is 22.8 Å². The molecule has 0 saturated carbocycles. The number of ether oxygens (including phenoxy) is 1. The molecule has 0 radical (unpaired) electrons. The third kappa shape index (κ3) is 6.18. The molecule has 2 fully saturated rings. The van der Waals surface area contributed by atoms with Crippen molar-refractivity contribution < 1.29 is 23.1 Å². The number of amides is 2. The topological polar surface area (TPSA) is 111 Å². The van der Waals surface area contributed by atoms with Crippen molar-refractivity contribution >= 4 is 39.0 Å². The number of halogens is 1. The van der Waals surface area contributed by atoms with E-state index >= 15 is 0 Å². The number of nitrogens with zero attached hydrogens (tertiary/aromatic N) is 2. The smallest absolute Gasteiger partial charge is 0.323 e. The number of hydrogen-bond acceptors (Lipinski definition) is 6. The van der Waals surface area contributed by atoms with Gasteiger partial charge in [0.1, 0.15) is 10.6 Å². The lowest BCUT2D eigenvalue weighted by Gasteiger charge is -2.40. The average Bonchev–Trinajstić information content (AvgIpc) is 3.28. The normalized spacial score (nSPS) is 18.7. The molecule has 3 N–H and O–H groups in total. The van der Waals surface area contributed by atoms with Crippen molar-refractivity contribution in [3.8, 4) is 17.2 Å². The molecule has 6 rings (SSSR count). The number of sulfonamides is 1. The molecule has 222 valence electrons. The third-order valence-corrected chi connectivity index (χ3v) is 10.2. The molecule has 2 bridgehead atoms. The Labute approximate surface area is 255 Å². The Balaban J connectivity index is 1.19. The van der Waals surface area contributed by atoms with Gasteiger partial charge in [0.2, 0.25) is 10.0 Å². The molecule has 0 aliphatic carbocycles. The largest absolute Gasteiger partial charge is 0.504 e.